The Hall–Kier alpha value is -3.03. The predicted octanol–water partition coefficient (Wildman–Crippen LogP) is 1.13. The number of rotatable bonds is 4. The molecular weight excluding hydrogens is 270 g/mol. The monoisotopic (exact) mass is 283 g/mol. The van der Waals surface area contributed by atoms with Crippen LogP contribution in [-0.4, -0.2) is 35.9 Å². The van der Waals surface area contributed by atoms with E-state index < -0.39 is 0 Å². The van der Waals surface area contributed by atoms with E-state index in [4.69, 9.17) is 0 Å². The van der Waals surface area contributed by atoms with Crippen molar-refractivity contribution in [3.63, 3.8) is 0 Å². The summed E-state index contributed by atoms with van der Waals surface area (Å²) in [5, 5.41) is 17.9. The van der Waals surface area contributed by atoms with E-state index in [0.717, 1.165) is 5.69 Å². The Bertz CT molecular complexity index is 730. The number of benzene rings is 1. The summed E-state index contributed by atoms with van der Waals surface area (Å²) in [6, 6.07) is 8.92. The molecule has 0 aliphatic heterocycles. The Morgan fingerprint density at radius 3 is 2.71 bits per heavy atom. The molecule has 0 aliphatic rings. The minimum atomic E-state index is -0.190. The molecule has 0 fully saturated rings. The van der Waals surface area contributed by atoms with Crippen molar-refractivity contribution >= 4 is 11.6 Å². The average Bonchev–Trinajstić information content (AvgIpc) is 3.19. The number of hydrogen-bond acceptors (Lipinski definition) is 5. The van der Waals surface area contributed by atoms with Gasteiger partial charge in [-0.2, -0.15) is 5.10 Å². The third-order valence-corrected chi connectivity index (χ3v) is 2.99. The lowest BCUT2D eigenvalue weighted by atomic mass is 10.2. The van der Waals surface area contributed by atoms with E-state index >= 15 is 0 Å². The number of carbonyl (C=O) groups is 1. The fourth-order valence-corrected chi connectivity index (χ4v) is 1.95. The van der Waals surface area contributed by atoms with Crippen LogP contribution in [0.25, 0.3) is 5.69 Å². The smallest absolute Gasteiger partial charge is 0.273 e. The summed E-state index contributed by atoms with van der Waals surface area (Å²) in [5.41, 5.74) is 2.04. The molecule has 0 bridgehead atoms. The first-order valence-electron chi connectivity index (χ1n) is 6.44. The first-order chi connectivity index (χ1) is 10.3. The minimum absolute atomic E-state index is 0.190. The number of aromatic nitrogens is 6. The molecular formula is C13H13N7O. The maximum Gasteiger partial charge on any atom is 0.273 e. The van der Waals surface area contributed by atoms with E-state index in [1.54, 1.807) is 29.1 Å². The van der Waals surface area contributed by atoms with Gasteiger partial charge in [-0.3, -0.25) is 9.48 Å². The van der Waals surface area contributed by atoms with Crippen LogP contribution in [0.4, 0.5) is 5.69 Å². The second-order valence-electron chi connectivity index (χ2n) is 4.29. The lowest BCUT2D eigenvalue weighted by Crippen LogP contribution is -2.17. The first kappa shape index (κ1) is 13.0. The highest BCUT2D eigenvalue weighted by molar-refractivity contribution is 6.03. The summed E-state index contributed by atoms with van der Waals surface area (Å²) in [5.74, 6) is -0.190. The number of aryl methyl sites for hydroxylation is 1. The van der Waals surface area contributed by atoms with Crippen molar-refractivity contribution in [1.82, 2.24) is 30.0 Å². The highest BCUT2D eigenvalue weighted by Gasteiger charge is 2.11. The quantitative estimate of drug-likeness (QED) is 0.775. The molecule has 21 heavy (non-hydrogen) atoms. The molecule has 106 valence electrons. The van der Waals surface area contributed by atoms with E-state index in [1.165, 1.54) is 11.0 Å². The van der Waals surface area contributed by atoms with Crippen LogP contribution < -0.4 is 5.32 Å². The van der Waals surface area contributed by atoms with Gasteiger partial charge in [0.25, 0.3) is 5.91 Å². The molecule has 1 amide bonds. The van der Waals surface area contributed by atoms with Crippen molar-refractivity contribution in [2.24, 2.45) is 0 Å². The van der Waals surface area contributed by atoms with Gasteiger partial charge in [-0.15, -0.1) is 5.10 Å². The molecule has 3 aromatic rings. The van der Waals surface area contributed by atoms with Crippen LogP contribution in [0.1, 0.15) is 17.4 Å². The van der Waals surface area contributed by atoms with Crippen molar-refractivity contribution in [1.29, 1.82) is 0 Å². The van der Waals surface area contributed by atoms with Crippen molar-refractivity contribution in [3.8, 4) is 5.69 Å². The molecule has 0 atom stereocenters. The molecule has 1 N–H and O–H groups in total. The van der Waals surface area contributed by atoms with Crippen molar-refractivity contribution in [2.75, 3.05) is 5.32 Å². The van der Waals surface area contributed by atoms with Gasteiger partial charge in [0.05, 0.1) is 5.69 Å². The number of amides is 1. The van der Waals surface area contributed by atoms with Gasteiger partial charge in [0.2, 0.25) is 0 Å². The summed E-state index contributed by atoms with van der Waals surface area (Å²) in [4.78, 5) is 12.2. The topological polar surface area (TPSA) is 90.5 Å². The zero-order chi connectivity index (χ0) is 14.7. The number of tetrazole rings is 1. The molecule has 2 aromatic heterocycles. The van der Waals surface area contributed by atoms with Gasteiger partial charge in [0.1, 0.15) is 12.0 Å². The van der Waals surface area contributed by atoms with Crippen LogP contribution in [-0.2, 0) is 6.54 Å². The van der Waals surface area contributed by atoms with Gasteiger partial charge in [0.15, 0.2) is 0 Å². The standard InChI is InChI=1S/C13H13N7O/c1-2-19-12(7-8-15-19)13(21)16-10-3-5-11(6-4-10)20-9-14-17-18-20/h3-9H,2H2,1H3,(H,16,21). The molecule has 0 saturated heterocycles. The van der Waals surface area contributed by atoms with Crippen LogP contribution in [0, 0.1) is 0 Å². The summed E-state index contributed by atoms with van der Waals surface area (Å²) >= 11 is 0. The van der Waals surface area contributed by atoms with Crippen molar-refractivity contribution in [3.05, 3.63) is 48.5 Å². The normalized spacial score (nSPS) is 10.5. The van der Waals surface area contributed by atoms with E-state index in [0.29, 0.717) is 17.9 Å². The number of carbonyl (C=O) groups excluding carboxylic acids is 1. The summed E-state index contributed by atoms with van der Waals surface area (Å²) < 4.78 is 3.18. The second-order valence-corrected chi connectivity index (χ2v) is 4.29. The third-order valence-electron chi connectivity index (χ3n) is 2.99. The fraction of sp³-hybridized carbons (Fsp3) is 0.154. The molecule has 8 heteroatoms. The van der Waals surface area contributed by atoms with Crippen molar-refractivity contribution < 1.29 is 4.79 Å². The van der Waals surface area contributed by atoms with E-state index in [2.05, 4.69) is 25.9 Å². The summed E-state index contributed by atoms with van der Waals surface area (Å²) in [7, 11) is 0. The number of nitrogens with zero attached hydrogens (tertiary/aromatic N) is 6. The van der Waals surface area contributed by atoms with Gasteiger partial charge < -0.3 is 5.32 Å². The average molecular weight is 283 g/mol. The molecule has 0 unspecified atom stereocenters. The fourth-order valence-electron chi connectivity index (χ4n) is 1.95. The largest absolute Gasteiger partial charge is 0.321 e. The van der Waals surface area contributed by atoms with Gasteiger partial charge in [-0.25, -0.2) is 4.68 Å². The van der Waals surface area contributed by atoms with Gasteiger partial charge in [-0.1, -0.05) is 0 Å². The molecule has 0 spiro atoms. The number of nitrogens with one attached hydrogen (secondary N) is 1. The van der Waals surface area contributed by atoms with Gasteiger partial charge in [0, 0.05) is 18.4 Å². The Labute approximate surface area is 120 Å². The lowest BCUT2D eigenvalue weighted by Gasteiger charge is -2.07. The molecule has 0 aliphatic carbocycles. The van der Waals surface area contributed by atoms with Crippen LogP contribution in [0.5, 0.6) is 0 Å². The van der Waals surface area contributed by atoms with E-state index in [9.17, 15) is 4.79 Å². The van der Waals surface area contributed by atoms with Crippen LogP contribution in [0.3, 0.4) is 0 Å². The molecule has 1 aromatic carbocycles. The number of anilines is 1. The molecule has 3 rings (SSSR count). The van der Waals surface area contributed by atoms with E-state index in [-0.39, 0.29) is 5.91 Å². The van der Waals surface area contributed by atoms with Crippen LogP contribution in [0.2, 0.25) is 0 Å². The predicted molar refractivity (Wildman–Crippen MR) is 75.0 cm³/mol. The van der Waals surface area contributed by atoms with Crippen molar-refractivity contribution in [2.45, 2.75) is 13.5 Å². The Kier molecular flexibility index (Phi) is 3.42. The van der Waals surface area contributed by atoms with Crippen LogP contribution in [0.15, 0.2) is 42.9 Å². The van der Waals surface area contributed by atoms with Gasteiger partial charge >= 0.3 is 0 Å². The minimum Gasteiger partial charge on any atom is -0.321 e. The molecule has 0 radical (unpaired) electrons. The SMILES string of the molecule is CCn1nccc1C(=O)Nc1ccc(-n2cnnn2)cc1. The lowest BCUT2D eigenvalue weighted by molar-refractivity contribution is 0.101. The highest BCUT2D eigenvalue weighted by Crippen LogP contribution is 2.13. The summed E-state index contributed by atoms with van der Waals surface area (Å²) in [6.07, 6.45) is 3.12. The molecule has 0 saturated carbocycles. The van der Waals surface area contributed by atoms with Gasteiger partial charge in [-0.05, 0) is 47.7 Å². The van der Waals surface area contributed by atoms with E-state index in [1.807, 2.05) is 19.1 Å². The maximum atomic E-state index is 12.2. The first-order valence-corrected chi connectivity index (χ1v) is 6.44. The zero-order valence-electron chi connectivity index (χ0n) is 11.3. The number of hydrogen-bond donors (Lipinski definition) is 1. The van der Waals surface area contributed by atoms with Crippen LogP contribution >= 0.6 is 0 Å². The third kappa shape index (κ3) is 2.64. The Balaban J connectivity index is 1.75. The zero-order valence-corrected chi connectivity index (χ0v) is 11.3. The Morgan fingerprint density at radius 2 is 2.05 bits per heavy atom. The molecule has 8 nitrogen and oxygen atoms in total. The highest BCUT2D eigenvalue weighted by atomic mass is 16.2. The summed E-state index contributed by atoms with van der Waals surface area (Å²) in [6.45, 7) is 2.58. The Morgan fingerprint density at radius 1 is 1.24 bits per heavy atom. The molecule has 2 heterocycles. The maximum absolute atomic E-state index is 12.2. The second kappa shape index (κ2) is 5.53.